The fourth-order valence-corrected chi connectivity index (χ4v) is 3.41. The van der Waals surface area contributed by atoms with Crippen LogP contribution in [0.25, 0.3) is 0 Å². The van der Waals surface area contributed by atoms with Crippen LogP contribution in [0.1, 0.15) is 16.9 Å². The van der Waals surface area contributed by atoms with Crippen LogP contribution in [0.15, 0.2) is 12.3 Å². The summed E-state index contributed by atoms with van der Waals surface area (Å²) in [5.74, 6) is -0.0836. The molecule has 1 aliphatic rings. The lowest BCUT2D eigenvalue weighted by Gasteiger charge is -2.10. The molecule has 0 radical (unpaired) electrons. The highest BCUT2D eigenvalue weighted by Gasteiger charge is 2.28. The van der Waals surface area contributed by atoms with E-state index >= 15 is 0 Å². The van der Waals surface area contributed by atoms with E-state index in [4.69, 9.17) is 0 Å². The average Bonchev–Trinajstić information content (AvgIpc) is 2.68. The molecule has 0 aromatic carbocycles. The number of nitrogens with one attached hydrogen (secondary N) is 1. The number of methoxy groups -OCH3 is 1. The van der Waals surface area contributed by atoms with Gasteiger partial charge in [0.1, 0.15) is 0 Å². The summed E-state index contributed by atoms with van der Waals surface area (Å²) in [6, 6.07) is 1.23. The van der Waals surface area contributed by atoms with Gasteiger partial charge in [0.2, 0.25) is 5.95 Å². The molecule has 1 N–H and O–H groups in total. The lowest BCUT2D eigenvalue weighted by atomic mass is 10.3. The Balaban J connectivity index is 2.08. The van der Waals surface area contributed by atoms with Crippen LogP contribution >= 0.6 is 0 Å². The molecule has 1 aromatic heterocycles. The lowest BCUT2D eigenvalue weighted by molar-refractivity contribution is 0.0594. The van der Waals surface area contributed by atoms with Crippen molar-refractivity contribution in [1.82, 2.24) is 9.97 Å². The Labute approximate surface area is 105 Å². The summed E-state index contributed by atoms with van der Waals surface area (Å²) in [5, 5.41) is 2.91. The normalized spacial score (nSPS) is 21.5. The topological polar surface area (TPSA) is 98.2 Å². The van der Waals surface area contributed by atoms with Gasteiger partial charge in [0.05, 0.1) is 18.6 Å². The molecule has 0 spiro atoms. The Morgan fingerprint density at radius 3 is 2.94 bits per heavy atom. The number of esters is 1. The van der Waals surface area contributed by atoms with Gasteiger partial charge in [0, 0.05) is 12.2 Å². The van der Waals surface area contributed by atoms with Crippen molar-refractivity contribution < 1.29 is 17.9 Å². The van der Waals surface area contributed by atoms with Crippen molar-refractivity contribution in [2.75, 3.05) is 23.9 Å². The predicted octanol–water partition coefficient (Wildman–Crippen LogP) is -0.138. The first-order valence-electron chi connectivity index (χ1n) is 5.38. The van der Waals surface area contributed by atoms with Crippen LogP contribution in [-0.2, 0) is 14.6 Å². The molecule has 0 amide bonds. The summed E-state index contributed by atoms with van der Waals surface area (Å²) in [6.45, 7) is 0. The molecule has 0 aliphatic carbocycles. The van der Waals surface area contributed by atoms with E-state index in [2.05, 4.69) is 20.0 Å². The lowest BCUT2D eigenvalue weighted by Crippen LogP contribution is -2.22. The standard InChI is InChI=1S/C10H13N3O4S/c1-17-9(14)8-2-4-11-10(13-8)12-7-3-5-18(15,16)6-7/h2,4,7H,3,5-6H2,1H3,(H,11,12,13). The van der Waals surface area contributed by atoms with E-state index < -0.39 is 15.8 Å². The van der Waals surface area contributed by atoms with Gasteiger partial charge in [-0.15, -0.1) is 0 Å². The third kappa shape index (κ3) is 2.95. The number of anilines is 1. The van der Waals surface area contributed by atoms with Crippen LogP contribution in [0.4, 0.5) is 5.95 Å². The number of nitrogens with zero attached hydrogens (tertiary/aromatic N) is 2. The number of hydrogen-bond donors (Lipinski definition) is 1. The van der Waals surface area contributed by atoms with Crippen molar-refractivity contribution in [1.29, 1.82) is 0 Å². The van der Waals surface area contributed by atoms with E-state index in [1.54, 1.807) is 0 Å². The van der Waals surface area contributed by atoms with Crippen LogP contribution in [0, 0.1) is 0 Å². The molecule has 0 bridgehead atoms. The number of aromatic nitrogens is 2. The largest absolute Gasteiger partial charge is 0.464 e. The van der Waals surface area contributed by atoms with Crippen LogP contribution in [0.3, 0.4) is 0 Å². The van der Waals surface area contributed by atoms with Crippen molar-refractivity contribution in [2.24, 2.45) is 0 Å². The highest BCUT2D eigenvalue weighted by atomic mass is 32.2. The maximum absolute atomic E-state index is 11.3. The maximum atomic E-state index is 11.3. The van der Waals surface area contributed by atoms with E-state index in [0.29, 0.717) is 6.42 Å². The summed E-state index contributed by atoms with van der Waals surface area (Å²) < 4.78 is 27.1. The second-order valence-electron chi connectivity index (χ2n) is 4.00. The third-order valence-electron chi connectivity index (χ3n) is 2.62. The molecule has 7 nitrogen and oxygen atoms in total. The highest BCUT2D eigenvalue weighted by molar-refractivity contribution is 7.91. The van der Waals surface area contributed by atoms with Gasteiger partial charge in [-0.3, -0.25) is 0 Å². The second-order valence-corrected chi connectivity index (χ2v) is 6.23. The van der Waals surface area contributed by atoms with Crippen molar-refractivity contribution in [2.45, 2.75) is 12.5 Å². The molecule has 0 saturated carbocycles. The second kappa shape index (κ2) is 4.89. The van der Waals surface area contributed by atoms with Crippen molar-refractivity contribution in [3.63, 3.8) is 0 Å². The minimum Gasteiger partial charge on any atom is -0.464 e. The molecule has 18 heavy (non-hydrogen) atoms. The van der Waals surface area contributed by atoms with Crippen LogP contribution < -0.4 is 5.32 Å². The van der Waals surface area contributed by atoms with E-state index in [0.717, 1.165) is 0 Å². The van der Waals surface area contributed by atoms with E-state index in [9.17, 15) is 13.2 Å². The van der Waals surface area contributed by atoms with Gasteiger partial charge in [-0.2, -0.15) is 0 Å². The monoisotopic (exact) mass is 271 g/mol. The zero-order valence-corrected chi connectivity index (χ0v) is 10.6. The van der Waals surface area contributed by atoms with Gasteiger partial charge in [-0.25, -0.2) is 23.2 Å². The van der Waals surface area contributed by atoms with E-state index in [1.807, 2.05) is 0 Å². The molecule has 1 aromatic rings. The van der Waals surface area contributed by atoms with Crippen molar-refractivity contribution in [3.05, 3.63) is 18.0 Å². The smallest absolute Gasteiger partial charge is 0.356 e. The zero-order valence-electron chi connectivity index (χ0n) is 9.79. The van der Waals surface area contributed by atoms with Crippen LogP contribution in [0.5, 0.6) is 0 Å². The van der Waals surface area contributed by atoms with Crippen molar-refractivity contribution in [3.8, 4) is 0 Å². The van der Waals surface area contributed by atoms with Crippen LogP contribution in [0.2, 0.25) is 0 Å². The van der Waals surface area contributed by atoms with Gasteiger partial charge < -0.3 is 10.1 Å². The predicted molar refractivity (Wildman–Crippen MR) is 64.1 cm³/mol. The number of rotatable bonds is 3. The molecule has 1 unspecified atom stereocenters. The maximum Gasteiger partial charge on any atom is 0.356 e. The number of sulfone groups is 1. The molecule has 2 heterocycles. The fraction of sp³-hybridized carbons (Fsp3) is 0.500. The van der Waals surface area contributed by atoms with E-state index in [-0.39, 0.29) is 29.2 Å². The number of ether oxygens (including phenoxy) is 1. The molecule has 2 rings (SSSR count). The van der Waals surface area contributed by atoms with E-state index in [1.165, 1.54) is 19.4 Å². The Bertz CT molecular complexity index is 558. The molecule has 1 atom stereocenters. The first kappa shape index (κ1) is 12.7. The number of carbonyl (C=O) groups excluding carboxylic acids is 1. The zero-order chi connectivity index (χ0) is 13.2. The number of hydrogen-bond acceptors (Lipinski definition) is 7. The van der Waals surface area contributed by atoms with Gasteiger partial charge in [-0.1, -0.05) is 0 Å². The number of carbonyl (C=O) groups is 1. The Kier molecular flexibility index (Phi) is 3.46. The Morgan fingerprint density at radius 2 is 2.33 bits per heavy atom. The molecule has 1 saturated heterocycles. The van der Waals surface area contributed by atoms with Gasteiger partial charge >= 0.3 is 5.97 Å². The SMILES string of the molecule is COC(=O)c1ccnc(NC2CCS(=O)(=O)C2)n1. The summed E-state index contributed by atoms with van der Waals surface area (Å²) in [5.41, 5.74) is 0.135. The van der Waals surface area contributed by atoms with Crippen LogP contribution in [-0.4, -0.2) is 49.0 Å². The summed E-state index contributed by atoms with van der Waals surface area (Å²) in [4.78, 5) is 19.2. The minimum absolute atomic E-state index is 0.0683. The molecule has 98 valence electrons. The van der Waals surface area contributed by atoms with Gasteiger partial charge in [0.15, 0.2) is 15.5 Å². The summed E-state index contributed by atoms with van der Waals surface area (Å²) in [7, 11) is -1.69. The Morgan fingerprint density at radius 1 is 1.56 bits per heavy atom. The molecule has 1 aliphatic heterocycles. The van der Waals surface area contributed by atoms with Crippen molar-refractivity contribution >= 4 is 21.8 Å². The molecule has 8 heteroatoms. The quantitative estimate of drug-likeness (QED) is 0.764. The van der Waals surface area contributed by atoms with Gasteiger partial charge in [0.25, 0.3) is 0 Å². The first-order chi connectivity index (χ1) is 8.50. The first-order valence-corrected chi connectivity index (χ1v) is 7.20. The summed E-state index contributed by atoms with van der Waals surface area (Å²) in [6.07, 6.45) is 1.94. The molecule has 1 fully saturated rings. The minimum atomic E-state index is -2.96. The molecular formula is C10H13N3O4S. The highest BCUT2D eigenvalue weighted by Crippen LogP contribution is 2.15. The summed E-state index contributed by atoms with van der Waals surface area (Å²) >= 11 is 0. The third-order valence-corrected chi connectivity index (χ3v) is 4.38. The average molecular weight is 271 g/mol. The Hall–Kier alpha value is -1.70. The molecular weight excluding hydrogens is 258 g/mol. The fourth-order valence-electron chi connectivity index (χ4n) is 1.74. The van der Waals surface area contributed by atoms with Gasteiger partial charge in [-0.05, 0) is 12.5 Å².